The molecule has 2 aromatic rings. The molecule has 0 heterocycles. The van der Waals surface area contributed by atoms with Crippen molar-refractivity contribution in [2.75, 3.05) is 32.6 Å². The molecule has 2 aromatic carbocycles. The Balaban J connectivity index is 0.00000261. The maximum atomic E-state index is 14.1. The fraction of sp³-hybridized carbons (Fsp3) is 0.381. The van der Waals surface area contributed by atoms with E-state index in [4.69, 9.17) is 0 Å². The van der Waals surface area contributed by atoms with E-state index in [-0.39, 0.29) is 35.2 Å². The van der Waals surface area contributed by atoms with Crippen molar-refractivity contribution < 1.29 is 4.39 Å². The molecule has 4 nitrogen and oxygen atoms in total. The SMILES string of the molecule is CN=C(NCc1cccc(N(C)C)c1)NCC1(c2ccccc2F)CC1.I. The minimum Gasteiger partial charge on any atom is -0.378 e. The fourth-order valence-corrected chi connectivity index (χ4v) is 3.19. The molecule has 146 valence electrons. The minimum atomic E-state index is -0.116. The minimum absolute atomic E-state index is 0. The van der Waals surface area contributed by atoms with Crippen LogP contribution in [0.15, 0.2) is 53.5 Å². The zero-order chi connectivity index (χ0) is 18.6. The molecule has 0 unspecified atom stereocenters. The lowest BCUT2D eigenvalue weighted by Gasteiger charge is -2.20. The summed E-state index contributed by atoms with van der Waals surface area (Å²) in [6, 6.07) is 15.5. The number of nitrogens with zero attached hydrogens (tertiary/aromatic N) is 2. The second-order valence-corrected chi connectivity index (χ2v) is 7.10. The predicted octanol–water partition coefficient (Wildman–Crippen LogP) is 3.91. The van der Waals surface area contributed by atoms with Crippen molar-refractivity contribution in [3.8, 4) is 0 Å². The average molecular weight is 482 g/mol. The van der Waals surface area contributed by atoms with E-state index >= 15 is 0 Å². The molecule has 0 radical (unpaired) electrons. The molecule has 0 aromatic heterocycles. The molecule has 0 amide bonds. The van der Waals surface area contributed by atoms with Gasteiger partial charge in [0, 0.05) is 45.3 Å². The van der Waals surface area contributed by atoms with Crippen molar-refractivity contribution in [2.24, 2.45) is 4.99 Å². The zero-order valence-corrected chi connectivity index (χ0v) is 18.5. The number of aliphatic imine (C=N–C) groups is 1. The van der Waals surface area contributed by atoms with Gasteiger partial charge in [-0.25, -0.2) is 4.39 Å². The van der Waals surface area contributed by atoms with E-state index in [1.807, 2.05) is 26.2 Å². The summed E-state index contributed by atoms with van der Waals surface area (Å²) in [4.78, 5) is 6.38. The number of halogens is 2. The van der Waals surface area contributed by atoms with Crippen LogP contribution in [0.25, 0.3) is 0 Å². The third-order valence-corrected chi connectivity index (χ3v) is 5.00. The van der Waals surface area contributed by atoms with Crippen LogP contribution in [-0.2, 0) is 12.0 Å². The van der Waals surface area contributed by atoms with E-state index in [1.165, 1.54) is 11.3 Å². The summed E-state index contributed by atoms with van der Waals surface area (Å²) in [5.41, 5.74) is 3.06. The van der Waals surface area contributed by atoms with Crippen LogP contribution in [0, 0.1) is 5.82 Å². The van der Waals surface area contributed by atoms with Gasteiger partial charge in [-0.15, -0.1) is 24.0 Å². The van der Waals surface area contributed by atoms with Gasteiger partial charge in [0.2, 0.25) is 0 Å². The van der Waals surface area contributed by atoms with E-state index < -0.39 is 0 Å². The van der Waals surface area contributed by atoms with Crippen molar-refractivity contribution in [1.29, 1.82) is 0 Å². The molecule has 2 N–H and O–H groups in total. The Labute approximate surface area is 178 Å². The van der Waals surface area contributed by atoms with Crippen molar-refractivity contribution in [1.82, 2.24) is 10.6 Å². The van der Waals surface area contributed by atoms with Gasteiger partial charge in [0.05, 0.1) is 0 Å². The Morgan fingerprint density at radius 3 is 2.48 bits per heavy atom. The molecule has 1 aliphatic carbocycles. The van der Waals surface area contributed by atoms with Gasteiger partial charge in [0.25, 0.3) is 0 Å². The fourth-order valence-electron chi connectivity index (χ4n) is 3.19. The maximum Gasteiger partial charge on any atom is 0.191 e. The monoisotopic (exact) mass is 482 g/mol. The highest BCUT2D eigenvalue weighted by atomic mass is 127. The van der Waals surface area contributed by atoms with Crippen molar-refractivity contribution in [3.63, 3.8) is 0 Å². The van der Waals surface area contributed by atoms with E-state index in [0.29, 0.717) is 13.1 Å². The molecule has 0 atom stereocenters. The lowest BCUT2D eigenvalue weighted by atomic mass is 9.95. The zero-order valence-electron chi connectivity index (χ0n) is 16.1. The van der Waals surface area contributed by atoms with Gasteiger partial charge in [0.15, 0.2) is 5.96 Å². The van der Waals surface area contributed by atoms with E-state index in [9.17, 15) is 4.39 Å². The third kappa shape index (κ3) is 5.34. The summed E-state index contributed by atoms with van der Waals surface area (Å²) in [5, 5.41) is 6.71. The summed E-state index contributed by atoms with van der Waals surface area (Å²) in [6.07, 6.45) is 2.01. The van der Waals surface area contributed by atoms with E-state index in [0.717, 1.165) is 24.4 Å². The van der Waals surface area contributed by atoms with Crippen LogP contribution in [0.3, 0.4) is 0 Å². The number of benzene rings is 2. The highest BCUT2D eigenvalue weighted by Crippen LogP contribution is 2.48. The topological polar surface area (TPSA) is 39.7 Å². The van der Waals surface area contributed by atoms with Crippen molar-refractivity contribution in [3.05, 3.63) is 65.5 Å². The third-order valence-electron chi connectivity index (χ3n) is 5.00. The normalized spacial score (nSPS) is 14.9. The highest BCUT2D eigenvalue weighted by Gasteiger charge is 2.45. The Morgan fingerprint density at radius 2 is 1.85 bits per heavy atom. The van der Waals surface area contributed by atoms with Gasteiger partial charge in [-0.1, -0.05) is 30.3 Å². The smallest absolute Gasteiger partial charge is 0.191 e. The predicted molar refractivity (Wildman–Crippen MR) is 122 cm³/mol. The molecular weight excluding hydrogens is 454 g/mol. The van der Waals surface area contributed by atoms with Crippen LogP contribution in [-0.4, -0.2) is 33.6 Å². The van der Waals surface area contributed by atoms with Gasteiger partial charge in [-0.2, -0.15) is 0 Å². The first-order valence-corrected chi connectivity index (χ1v) is 9.00. The first-order chi connectivity index (χ1) is 12.5. The van der Waals surface area contributed by atoms with Crippen LogP contribution in [0.2, 0.25) is 0 Å². The molecule has 0 spiro atoms. The second-order valence-electron chi connectivity index (χ2n) is 7.10. The van der Waals surface area contributed by atoms with Gasteiger partial charge in [-0.05, 0) is 42.2 Å². The standard InChI is InChI=1S/C21H27FN4.HI/c1-23-20(24-14-16-7-6-8-17(13-16)26(2)3)25-15-21(11-12-21)18-9-4-5-10-19(18)22;/h4-10,13H,11-12,14-15H2,1-3H3,(H2,23,24,25);1H. The van der Waals surface area contributed by atoms with Gasteiger partial charge in [0.1, 0.15) is 5.82 Å². The number of guanidine groups is 1. The summed E-state index contributed by atoms with van der Waals surface area (Å²) in [6.45, 7) is 1.37. The largest absolute Gasteiger partial charge is 0.378 e. The van der Waals surface area contributed by atoms with E-state index in [2.05, 4.69) is 44.8 Å². The van der Waals surface area contributed by atoms with Crippen molar-refractivity contribution >= 4 is 35.6 Å². The summed E-state index contributed by atoms with van der Waals surface area (Å²) >= 11 is 0. The Kier molecular flexibility index (Phi) is 7.47. The molecule has 27 heavy (non-hydrogen) atoms. The summed E-state index contributed by atoms with van der Waals surface area (Å²) in [7, 11) is 5.82. The molecule has 0 saturated heterocycles. The van der Waals surface area contributed by atoms with Crippen LogP contribution in [0.5, 0.6) is 0 Å². The summed E-state index contributed by atoms with van der Waals surface area (Å²) < 4.78 is 14.1. The van der Waals surface area contributed by atoms with Crippen LogP contribution < -0.4 is 15.5 Å². The lowest BCUT2D eigenvalue weighted by Crippen LogP contribution is -2.41. The maximum absolute atomic E-state index is 14.1. The first-order valence-electron chi connectivity index (χ1n) is 9.00. The Morgan fingerprint density at radius 1 is 1.11 bits per heavy atom. The molecular formula is C21H28FIN4. The lowest BCUT2D eigenvalue weighted by molar-refractivity contribution is 0.559. The number of hydrogen-bond donors (Lipinski definition) is 2. The summed E-state index contributed by atoms with van der Waals surface area (Å²) in [5.74, 6) is 0.623. The average Bonchev–Trinajstić information content (AvgIpc) is 3.43. The molecule has 1 fully saturated rings. The van der Waals surface area contributed by atoms with Crippen molar-refractivity contribution in [2.45, 2.75) is 24.8 Å². The number of nitrogens with one attached hydrogen (secondary N) is 2. The van der Waals surface area contributed by atoms with Gasteiger partial charge >= 0.3 is 0 Å². The second kappa shape index (κ2) is 9.39. The first kappa shape index (κ1) is 21.5. The van der Waals surface area contributed by atoms with Gasteiger partial charge in [-0.3, -0.25) is 4.99 Å². The molecule has 6 heteroatoms. The van der Waals surface area contributed by atoms with Crippen LogP contribution >= 0.6 is 24.0 Å². The number of anilines is 1. The highest BCUT2D eigenvalue weighted by molar-refractivity contribution is 14.0. The molecule has 1 saturated carbocycles. The molecule has 1 aliphatic rings. The quantitative estimate of drug-likeness (QED) is 0.373. The Bertz CT molecular complexity index is 787. The molecule has 3 rings (SSSR count). The van der Waals surface area contributed by atoms with Crippen LogP contribution in [0.1, 0.15) is 24.0 Å². The van der Waals surface area contributed by atoms with Gasteiger partial charge < -0.3 is 15.5 Å². The number of hydrogen-bond acceptors (Lipinski definition) is 2. The number of rotatable bonds is 6. The van der Waals surface area contributed by atoms with E-state index in [1.54, 1.807) is 19.2 Å². The van der Waals surface area contributed by atoms with Crippen LogP contribution in [0.4, 0.5) is 10.1 Å². The molecule has 0 bridgehead atoms. The Hall–Kier alpha value is -1.83. The molecule has 0 aliphatic heterocycles.